The average Bonchev–Trinajstić information content (AvgIpc) is 3.76. The van der Waals surface area contributed by atoms with Crippen LogP contribution < -0.4 is 14.8 Å². The maximum atomic E-state index is 13.0. The van der Waals surface area contributed by atoms with Gasteiger partial charge in [0.25, 0.3) is 0 Å². The van der Waals surface area contributed by atoms with Gasteiger partial charge in [0.05, 0.1) is 22.2 Å². The molecule has 1 aliphatic carbocycles. The van der Waals surface area contributed by atoms with Crippen LogP contribution in [0.15, 0.2) is 138 Å². The Balaban J connectivity index is 0.000000241. The molecule has 5 aromatic rings. The number of para-hydroxylation sites is 2. The van der Waals surface area contributed by atoms with Crippen LogP contribution in [0.3, 0.4) is 0 Å². The zero-order valence-corrected chi connectivity index (χ0v) is 35.7. The summed E-state index contributed by atoms with van der Waals surface area (Å²) in [6.45, 7) is 7.66. The van der Waals surface area contributed by atoms with E-state index in [1.54, 1.807) is 56.3 Å². The minimum Gasteiger partial charge on any atom is -0.461 e. The fourth-order valence-electron chi connectivity index (χ4n) is 6.34. The number of allylic oxidation sites excluding steroid dienone is 1. The second-order valence-electron chi connectivity index (χ2n) is 14.9. The normalized spacial score (nSPS) is 16.0. The van der Waals surface area contributed by atoms with Gasteiger partial charge in [-0.3, -0.25) is 4.79 Å². The van der Waals surface area contributed by atoms with Crippen LogP contribution in [0.1, 0.15) is 50.5 Å². The van der Waals surface area contributed by atoms with E-state index < -0.39 is 29.9 Å². The number of carbonyl (C=O) groups is 2. The number of ether oxygens (including phenoxy) is 4. The number of nitrogens with zero attached hydrogens (tertiary/aromatic N) is 1. The van der Waals surface area contributed by atoms with Crippen LogP contribution in [0.25, 0.3) is 0 Å². The van der Waals surface area contributed by atoms with Gasteiger partial charge >= 0.3 is 18.1 Å². The number of benzene rings is 5. The summed E-state index contributed by atoms with van der Waals surface area (Å²) in [4.78, 5) is 25.3. The Morgan fingerprint density at radius 2 is 1.39 bits per heavy atom. The highest BCUT2D eigenvalue weighted by Crippen LogP contribution is 2.60. The molecule has 8 nitrogen and oxygen atoms in total. The van der Waals surface area contributed by atoms with Gasteiger partial charge in [-0.1, -0.05) is 123 Å². The number of hydrogen-bond acceptors (Lipinski definition) is 8. The fraction of sp³-hybridized carbons (Fsp3) is 0.255. The highest BCUT2D eigenvalue weighted by atomic mass is 35.5. The molecule has 1 N–H and O–H groups in total. The molecule has 14 heteroatoms. The highest BCUT2D eigenvalue weighted by molar-refractivity contribution is 6.55. The zero-order valence-electron chi connectivity index (χ0n) is 33.5. The Bertz CT molecular complexity index is 2350. The zero-order chi connectivity index (χ0) is 44.3. The van der Waals surface area contributed by atoms with Crippen molar-refractivity contribution in [2.75, 3.05) is 5.32 Å². The number of esters is 2. The Hall–Kier alpha value is -5.67. The quantitative estimate of drug-likeness (QED) is 0.110. The van der Waals surface area contributed by atoms with Crippen molar-refractivity contribution in [3.63, 3.8) is 0 Å². The van der Waals surface area contributed by atoms with E-state index in [1.165, 1.54) is 0 Å². The molecule has 0 radical (unpaired) electrons. The van der Waals surface area contributed by atoms with Crippen LogP contribution >= 0.6 is 34.8 Å². The van der Waals surface area contributed by atoms with Gasteiger partial charge in [-0.2, -0.15) is 18.4 Å². The molecule has 318 valence electrons. The standard InChI is InChI=1S/C26H22ClF3N2O3.C21H20Cl2O3/c1-16(2)24(32-22-12-11-18(14-21(22)27)26(28,29)30)25(33)35-23(15-31)17-7-6-10-20(13-17)34-19-8-4-3-5-9-19;1-21(2)17(12-18(22)23)19(21)20(24)25-13-14-7-6-10-16(11-14)26-15-8-4-3-5-9-15/h3-14,16,23-24,32H,1-2H3;3-12,17,19H,13H2,1-2H3/t23?,24-;/m1./s1. The lowest BCUT2D eigenvalue weighted by Gasteiger charge is -2.24. The molecule has 1 fully saturated rings. The number of nitrogens with one attached hydrogen (secondary N) is 1. The summed E-state index contributed by atoms with van der Waals surface area (Å²) in [6.07, 6.45) is -4.06. The number of carbonyl (C=O) groups excluding carboxylic acids is 2. The van der Waals surface area contributed by atoms with Gasteiger partial charge in [-0.25, -0.2) is 4.79 Å². The van der Waals surface area contributed by atoms with E-state index >= 15 is 0 Å². The highest BCUT2D eigenvalue weighted by Gasteiger charge is 2.61. The number of anilines is 1. The van der Waals surface area contributed by atoms with Crippen LogP contribution in [-0.4, -0.2) is 18.0 Å². The lowest BCUT2D eigenvalue weighted by atomic mass is 10.0. The molecule has 3 unspecified atom stereocenters. The summed E-state index contributed by atoms with van der Waals surface area (Å²) < 4.78 is 61.5. The van der Waals surface area contributed by atoms with E-state index in [2.05, 4.69) is 5.32 Å². The lowest BCUT2D eigenvalue weighted by molar-refractivity contribution is -0.149. The molecule has 6 rings (SSSR count). The minimum atomic E-state index is -4.54. The van der Waals surface area contributed by atoms with E-state index in [1.807, 2.05) is 92.7 Å². The molecule has 0 amide bonds. The number of nitriles is 1. The van der Waals surface area contributed by atoms with Crippen LogP contribution in [-0.2, 0) is 31.8 Å². The van der Waals surface area contributed by atoms with E-state index in [9.17, 15) is 28.0 Å². The Kier molecular flexibility index (Phi) is 15.8. The first-order valence-corrected chi connectivity index (χ1v) is 20.2. The summed E-state index contributed by atoms with van der Waals surface area (Å²) >= 11 is 17.5. The Morgan fingerprint density at radius 1 is 0.820 bits per heavy atom. The first-order valence-electron chi connectivity index (χ1n) is 19.0. The van der Waals surface area contributed by atoms with Crippen molar-refractivity contribution in [2.24, 2.45) is 23.2 Å². The maximum absolute atomic E-state index is 13.0. The second kappa shape index (κ2) is 20.7. The molecular weight excluding hydrogens is 852 g/mol. The second-order valence-corrected chi connectivity index (χ2v) is 16.4. The first-order chi connectivity index (χ1) is 29.0. The van der Waals surface area contributed by atoms with Crippen LogP contribution in [0.4, 0.5) is 18.9 Å². The molecule has 0 saturated heterocycles. The van der Waals surface area contributed by atoms with Gasteiger partial charge in [0, 0.05) is 5.56 Å². The molecule has 0 bridgehead atoms. The summed E-state index contributed by atoms with van der Waals surface area (Å²) in [5, 5.41) is 12.3. The number of rotatable bonds is 14. The van der Waals surface area contributed by atoms with Crippen molar-refractivity contribution in [1.82, 2.24) is 0 Å². The topological polar surface area (TPSA) is 107 Å². The number of hydrogen-bond donors (Lipinski definition) is 1. The first kappa shape index (κ1) is 46.4. The average molecular weight is 894 g/mol. The number of alkyl halides is 3. The Morgan fingerprint density at radius 3 is 1.93 bits per heavy atom. The van der Waals surface area contributed by atoms with Gasteiger partial charge in [0.2, 0.25) is 6.10 Å². The van der Waals surface area contributed by atoms with Crippen molar-refractivity contribution in [1.29, 1.82) is 5.26 Å². The largest absolute Gasteiger partial charge is 0.461 e. The van der Waals surface area contributed by atoms with E-state index in [0.717, 1.165) is 29.5 Å². The SMILES string of the molecule is CC(C)[C@@H](Nc1ccc(C(F)(F)F)cc1Cl)C(=O)OC(C#N)c1cccc(Oc2ccccc2)c1.CC1(C)C(C=C(Cl)Cl)C1C(=O)OCc1cccc(Oc2ccccc2)c1. The minimum absolute atomic E-state index is 0.00717. The molecule has 1 aliphatic rings. The Labute approximate surface area is 367 Å². The lowest BCUT2D eigenvalue weighted by Crippen LogP contribution is -2.36. The predicted octanol–water partition coefficient (Wildman–Crippen LogP) is 13.5. The molecule has 0 heterocycles. The summed E-state index contributed by atoms with van der Waals surface area (Å²) in [5.74, 6) is 0.990. The molecule has 4 atom stereocenters. The van der Waals surface area contributed by atoms with Crippen LogP contribution in [0.5, 0.6) is 23.0 Å². The third-order valence-corrected chi connectivity index (χ3v) is 10.3. The van der Waals surface area contributed by atoms with Crippen molar-refractivity contribution in [2.45, 2.75) is 52.6 Å². The van der Waals surface area contributed by atoms with Gasteiger partial charge in [0.15, 0.2) is 0 Å². The van der Waals surface area contributed by atoms with Gasteiger partial charge in [0.1, 0.15) is 46.2 Å². The smallest absolute Gasteiger partial charge is 0.416 e. The molecular formula is C47H42Cl3F3N2O6. The van der Waals surface area contributed by atoms with Gasteiger partial charge < -0.3 is 24.3 Å². The summed E-state index contributed by atoms with van der Waals surface area (Å²) in [6, 6.07) is 36.5. The third-order valence-electron chi connectivity index (χ3n) is 9.75. The molecule has 1 saturated carbocycles. The monoisotopic (exact) mass is 892 g/mol. The van der Waals surface area contributed by atoms with Crippen molar-refractivity contribution < 1.29 is 41.7 Å². The van der Waals surface area contributed by atoms with Crippen molar-refractivity contribution in [3.05, 3.63) is 160 Å². The molecule has 0 aromatic heterocycles. The maximum Gasteiger partial charge on any atom is 0.416 e. The van der Waals surface area contributed by atoms with Crippen LogP contribution in [0.2, 0.25) is 5.02 Å². The molecule has 0 aliphatic heterocycles. The third kappa shape index (κ3) is 13.2. The van der Waals surface area contributed by atoms with Gasteiger partial charge in [-0.15, -0.1) is 0 Å². The van der Waals surface area contributed by atoms with Crippen molar-refractivity contribution in [3.8, 4) is 29.1 Å². The predicted molar refractivity (Wildman–Crippen MR) is 229 cm³/mol. The molecule has 61 heavy (non-hydrogen) atoms. The summed E-state index contributed by atoms with van der Waals surface area (Å²) in [7, 11) is 0. The van der Waals surface area contributed by atoms with Crippen LogP contribution in [0, 0.1) is 34.5 Å². The summed E-state index contributed by atoms with van der Waals surface area (Å²) in [5.41, 5.74) is 0.322. The molecule has 0 spiro atoms. The van der Waals surface area contributed by atoms with Gasteiger partial charge in [-0.05, 0) is 95.6 Å². The van der Waals surface area contributed by atoms with E-state index in [4.69, 9.17) is 53.8 Å². The van der Waals surface area contributed by atoms with E-state index in [0.29, 0.717) is 22.8 Å². The molecule has 5 aromatic carbocycles. The fourth-order valence-corrected chi connectivity index (χ4v) is 6.85. The number of halogens is 6. The van der Waals surface area contributed by atoms with Crippen molar-refractivity contribution >= 4 is 52.4 Å². The van der Waals surface area contributed by atoms with E-state index in [-0.39, 0.29) is 50.9 Å².